The number of carboxylic acid groups (broad SMARTS) is 2. The number of carboxylic acids is 2. The van der Waals surface area contributed by atoms with Crippen molar-refractivity contribution in [2.24, 2.45) is 5.73 Å². The van der Waals surface area contributed by atoms with Crippen LogP contribution < -0.4 is 80.2 Å². The Morgan fingerprint density at radius 3 is 1.82 bits per heavy atom. The number of aromatic hydroxyl groups is 2. The number of carbonyl (C=O) groups excluding carboxylic acids is 15. The van der Waals surface area contributed by atoms with Gasteiger partial charge in [0.2, 0.25) is 76.8 Å². The van der Waals surface area contributed by atoms with Crippen LogP contribution in [0, 0.1) is 5.41 Å². The Morgan fingerprint density at radius 2 is 1.21 bits per heavy atom. The molecule has 0 spiro atoms. The second kappa shape index (κ2) is 46.2. The van der Waals surface area contributed by atoms with E-state index in [1.807, 2.05) is 0 Å². The number of aliphatic hydroxyl groups excluding tert-OH is 4. The largest absolute Gasteiger partial charge is 0.508 e. The molecule has 2 saturated heterocycles. The standard InChI is InChI=1S/C76H104N18O26/c1-36(82-70(113)58(37(2)96)83-39(4)98)62(105)92-59(38(3)97)71(114)86-48(15-10-28-80-76(77)78)63(106)84-47-14-8-9-27-79-73(116)61(104)60(72(115)90-53(75(118)119)31-41-19-23-44(100)24-20-41)93-65(108)49(25-26-57(103)120-5)85-66(109)50(32-42-34-81-46-13-7-6-12-45(42)46)87-67(110)51(33-56(101)102)88-68(111)54(35-95)91-69(112)55-16-11-29-94(55)74(117)52(89-64(47)107)30-40-17-21-43(99)22-18-40/h6-7,12-13,17-24,34,36-38,47-55,58-61,81,95-97,99-100,104H,8-11,14-16,25-33,35H2,1-5H3,(H,79,116)(H,82,113)(H,83,98)(H,84,106)(H,85,109)(H,86,114)(H,87,110)(H,88,111)(H,89,107)(H,90,115)(H,91,112)(H,92,105)(H,93,108)(H,101,102)(H,118,119)(H4,77,78,80)/t36-,37+,38+,47-,48-,49-,50-,51-,52-,53-,54-,55-,58-,59?,60-,61-/m0/s1. The maximum absolute atomic E-state index is 15.3. The molecule has 44 heteroatoms. The molecule has 1 unspecified atom stereocenters. The molecule has 120 heavy (non-hydrogen) atoms. The maximum Gasteiger partial charge on any atom is 0.326 e. The van der Waals surface area contributed by atoms with E-state index < -0.39 is 262 Å². The number of ether oxygens (including phenoxy) is 1. The van der Waals surface area contributed by atoms with Gasteiger partial charge >= 0.3 is 17.9 Å². The van der Waals surface area contributed by atoms with Crippen LogP contribution in [0.25, 0.3) is 10.9 Å². The molecule has 3 heterocycles. The molecule has 0 aliphatic carbocycles. The highest BCUT2D eigenvalue weighted by molar-refractivity contribution is 6.02. The van der Waals surface area contributed by atoms with Crippen LogP contribution >= 0.6 is 0 Å². The first-order chi connectivity index (χ1) is 56.8. The van der Waals surface area contributed by atoms with Crippen molar-refractivity contribution < 1.29 is 127 Å². The summed E-state index contributed by atoms with van der Waals surface area (Å²) in [6, 6.07) is -7.61. The fraction of sp³-hybridized carbons (Fsp3) is 0.500. The lowest BCUT2D eigenvalue weighted by Crippen LogP contribution is -2.63. The number of para-hydroxylation sites is 1. The van der Waals surface area contributed by atoms with Crippen molar-refractivity contribution in [3.05, 3.63) is 95.7 Å². The predicted octanol–water partition coefficient (Wildman–Crippen LogP) is -7.35. The van der Waals surface area contributed by atoms with Gasteiger partial charge in [0.05, 0.1) is 32.3 Å². The van der Waals surface area contributed by atoms with Crippen LogP contribution in [0.2, 0.25) is 0 Å². The summed E-state index contributed by atoms with van der Waals surface area (Å²) in [5.74, 6) is -22.5. The Morgan fingerprint density at radius 1 is 0.625 bits per heavy atom. The first kappa shape index (κ1) is 95.7. The number of nitrogens with one attached hydrogen (secondary N) is 16. The van der Waals surface area contributed by atoms with E-state index >= 15 is 9.59 Å². The van der Waals surface area contributed by atoms with Crippen molar-refractivity contribution in [2.75, 3.05) is 33.4 Å². The number of guanidine groups is 1. The van der Waals surface area contributed by atoms with Gasteiger partial charge in [0.1, 0.15) is 90.0 Å². The van der Waals surface area contributed by atoms with Crippen molar-refractivity contribution in [3.63, 3.8) is 0 Å². The van der Waals surface area contributed by atoms with E-state index in [0.29, 0.717) is 16.5 Å². The predicted molar refractivity (Wildman–Crippen MR) is 418 cm³/mol. The van der Waals surface area contributed by atoms with Crippen LogP contribution in [0.4, 0.5) is 0 Å². The number of nitrogens with two attached hydrogens (primary N) is 1. The SMILES string of the molecule is COC(=O)CC[C@@H]1NC(=O)[C@H](Cc2c[nH]c3ccccc23)NC(=O)[C@H](CC(=O)O)NC(=O)[C@H](CO)NC(=O)[C@@H]2CCCN2C(=O)[C@H](Cc2ccc(O)cc2)NC(=O)[C@@H](NC(=O)[C@H](CCCNC(=N)N)NC(=O)C(NC(=O)[C@H](C)NC(=O)[C@@H](NC(C)=O)[C@@H](C)O)[C@@H](C)O)CCCCNC(=O)[C@@H](O)[C@@H](C(=O)N[C@@H](Cc2ccc(O)cc2)C(=O)O)NC1=O. The quantitative estimate of drug-likeness (QED) is 0.00998. The molecule has 0 saturated carbocycles. The summed E-state index contributed by atoms with van der Waals surface area (Å²) in [6.07, 6.45) is -10.1. The van der Waals surface area contributed by atoms with Gasteiger partial charge in [-0.2, -0.15) is 0 Å². The Balaban J connectivity index is 1.45. The van der Waals surface area contributed by atoms with Gasteiger partial charge in [-0.05, 0) is 119 Å². The first-order valence-corrected chi connectivity index (χ1v) is 38.3. The zero-order valence-corrected chi connectivity index (χ0v) is 66.2. The van der Waals surface area contributed by atoms with Gasteiger partial charge in [-0.3, -0.25) is 82.1 Å². The number of aromatic amines is 1. The van der Waals surface area contributed by atoms with E-state index in [-0.39, 0.29) is 74.2 Å². The van der Waals surface area contributed by atoms with E-state index in [0.717, 1.165) is 32.8 Å². The van der Waals surface area contributed by atoms with Crippen LogP contribution in [-0.4, -0.2) is 288 Å². The zero-order valence-electron chi connectivity index (χ0n) is 66.2. The Hall–Kier alpha value is -13.1. The molecule has 2 aliphatic rings. The smallest absolute Gasteiger partial charge is 0.326 e. The molecule has 3 aromatic carbocycles. The molecule has 2 fully saturated rings. The minimum atomic E-state index is -2.72. The Bertz CT molecular complexity index is 4350. The summed E-state index contributed by atoms with van der Waals surface area (Å²) in [7, 11) is 0.974. The van der Waals surface area contributed by atoms with Crippen LogP contribution in [0.1, 0.15) is 109 Å². The highest BCUT2D eigenvalue weighted by Gasteiger charge is 2.43. The summed E-state index contributed by atoms with van der Waals surface area (Å²) in [4.78, 5) is 243. The third kappa shape index (κ3) is 29.2. The van der Waals surface area contributed by atoms with E-state index in [9.17, 15) is 113 Å². The number of methoxy groups -OCH3 is 1. The van der Waals surface area contributed by atoms with Gasteiger partial charge in [0.15, 0.2) is 12.1 Å². The normalized spacial score (nSPS) is 21.9. The van der Waals surface area contributed by atoms with Gasteiger partial charge in [-0.1, -0.05) is 42.5 Å². The lowest BCUT2D eigenvalue weighted by atomic mass is 10.0. The number of phenols is 2. The Kier molecular flexibility index (Phi) is 36.8. The van der Waals surface area contributed by atoms with Crippen LogP contribution in [0.5, 0.6) is 11.5 Å². The van der Waals surface area contributed by atoms with Crippen molar-refractivity contribution in [3.8, 4) is 11.5 Å². The summed E-state index contributed by atoms with van der Waals surface area (Å²) in [6.45, 7) is 2.40. The van der Waals surface area contributed by atoms with Crippen molar-refractivity contribution in [2.45, 2.75) is 208 Å². The number of carbonyl (C=O) groups is 17. The molecule has 0 radical (unpaired) electrons. The number of hydrogen-bond acceptors (Lipinski definition) is 25. The number of H-pyrrole nitrogens is 1. The van der Waals surface area contributed by atoms with Crippen LogP contribution in [0.15, 0.2) is 79.0 Å². The summed E-state index contributed by atoms with van der Waals surface area (Å²) < 4.78 is 4.79. The fourth-order valence-electron chi connectivity index (χ4n) is 13.0. The first-order valence-electron chi connectivity index (χ1n) is 38.3. The number of phenolic OH excluding ortho intramolecular Hbond substituents is 2. The molecule has 6 rings (SSSR count). The van der Waals surface area contributed by atoms with Gasteiger partial charge in [0.25, 0.3) is 5.91 Å². The molecule has 1 aromatic heterocycles. The average molecular weight is 1690 g/mol. The molecule has 16 atom stereocenters. The van der Waals surface area contributed by atoms with E-state index in [1.54, 1.807) is 24.3 Å². The molecule has 0 bridgehead atoms. The van der Waals surface area contributed by atoms with E-state index in [1.165, 1.54) is 61.7 Å². The lowest BCUT2D eigenvalue weighted by molar-refractivity contribution is -0.145. The number of aromatic nitrogens is 1. The molecular formula is C76H104N18O26. The highest BCUT2D eigenvalue weighted by Crippen LogP contribution is 2.24. The van der Waals surface area contributed by atoms with Crippen molar-refractivity contribution in [1.29, 1.82) is 5.41 Å². The number of amides is 14. The molecule has 654 valence electrons. The maximum atomic E-state index is 15.3. The summed E-state index contributed by atoms with van der Waals surface area (Å²) in [5.41, 5.74) is 6.83. The van der Waals surface area contributed by atoms with Gasteiger partial charge in [-0.25, -0.2) is 4.79 Å². The fourth-order valence-corrected chi connectivity index (χ4v) is 13.0. The average Bonchev–Trinajstić information content (AvgIpc) is 1.61. The number of aliphatic hydroxyl groups is 4. The van der Waals surface area contributed by atoms with E-state index in [4.69, 9.17) is 15.9 Å². The molecular weight excluding hydrogens is 1580 g/mol. The van der Waals surface area contributed by atoms with Crippen LogP contribution in [0.3, 0.4) is 0 Å². The van der Waals surface area contributed by atoms with Gasteiger partial charge in [-0.15, -0.1) is 0 Å². The number of nitrogens with zero attached hydrogens (tertiary/aromatic N) is 1. The topological polar surface area (TPSA) is 699 Å². The lowest BCUT2D eigenvalue weighted by Gasteiger charge is -2.31. The highest BCUT2D eigenvalue weighted by atomic mass is 16.5. The number of fused-ring (bicyclic) bond motifs is 2. The minimum absolute atomic E-state index is 0.0897. The third-order valence-electron chi connectivity index (χ3n) is 19.4. The second-order valence-corrected chi connectivity index (χ2v) is 28.8. The van der Waals surface area contributed by atoms with Crippen LogP contribution in [-0.2, 0) is 106 Å². The van der Waals surface area contributed by atoms with Crippen molar-refractivity contribution in [1.82, 2.24) is 84.3 Å². The zero-order chi connectivity index (χ0) is 88.8. The number of esters is 1. The number of hydrogen-bond donors (Lipinski definition) is 25. The third-order valence-corrected chi connectivity index (χ3v) is 19.4. The van der Waals surface area contributed by atoms with Crippen molar-refractivity contribution >= 4 is 117 Å². The second-order valence-electron chi connectivity index (χ2n) is 28.8. The van der Waals surface area contributed by atoms with E-state index in [2.05, 4.69) is 79.4 Å². The Labute approximate surface area is 686 Å². The minimum Gasteiger partial charge on any atom is -0.508 e. The van der Waals surface area contributed by atoms with Gasteiger partial charge in [0, 0.05) is 69.3 Å². The monoisotopic (exact) mass is 1680 g/mol. The summed E-state index contributed by atoms with van der Waals surface area (Å²) in [5, 5.41) is 126. The van der Waals surface area contributed by atoms with Gasteiger partial charge < -0.3 is 136 Å². The summed E-state index contributed by atoms with van der Waals surface area (Å²) >= 11 is 0. The molecule has 2 aliphatic heterocycles. The molecule has 14 amide bonds. The number of aliphatic carboxylic acids is 2. The molecule has 44 nitrogen and oxygen atoms in total. The number of rotatable bonds is 30. The number of benzene rings is 3. The molecule has 4 aromatic rings. The molecule has 26 N–H and O–H groups in total.